The summed E-state index contributed by atoms with van der Waals surface area (Å²) in [5.41, 5.74) is 0.232. The summed E-state index contributed by atoms with van der Waals surface area (Å²) in [6.07, 6.45) is 2.73. The maximum atomic E-state index is 12.5. The van der Waals surface area contributed by atoms with Gasteiger partial charge in [-0.05, 0) is 25.0 Å². The van der Waals surface area contributed by atoms with Crippen molar-refractivity contribution in [1.82, 2.24) is 5.32 Å². The van der Waals surface area contributed by atoms with Crippen LogP contribution in [-0.2, 0) is 0 Å². The van der Waals surface area contributed by atoms with Crippen LogP contribution in [-0.4, -0.2) is 28.9 Å². The zero-order valence-corrected chi connectivity index (χ0v) is 11.7. The number of hydrogen-bond donors (Lipinski definition) is 2. The van der Waals surface area contributed by atoms with E-state index in [1.807, 2.05) is 0 Å². The second kappa shape index (κ2) is 7.04. The van der Waals surface area contributed by atoms with Crippen LogP contribution in [0.2, 0.25) is 0 Å². The van der Waals surface area contributed by atoms with Crippen LogP contribution < -0.4 is 5.32 Å². The molecule has 2 atom stereocenters. The molecule has 1 saturated carbocycles. The van der Waals surface area contributed by atoms with Gasteiger partial charge in [0, 0.05) is 4.90 Å². The summed E-state index contributed by atoms with van der Waals surface area (Å²) in [5, 5.41) is 12.6. The fourth-order valence-corrected chi connectivity index (χ4v) is 3.02. The van der Waals surface area contributed by atoms with E-state index in [0.29, 0.717) is 18.2 Å². The highest BCUT2D eigenvalue weighted by Gasteiger charge is 2.25. The molecule has 6 heteroatoms. The number of amides is 1. The molecule has 3 nitrogen and oxygen atoms in total. The number of benzene rings is 1. The lowest BCUT2D eigenvalue weighted by Crippen LogP contribution is -2.45. The molecule has 110 valence electrons. The molecule has 1 aliphatic carbocycles. The van der Waals surface area contributed by atoms with Gasteiger partial charge in [0.1, 0.15) is 0 Å². The third-order valence-corrected chi connectivity index (χ3v) is 4.18. The second-order valence-corrected chi connectivity index (χ2v) is 5.84. The Kier molecular flexibility index (Phi) is 5.37. The molecule has 1 aromatic carbocycles. The van der Waals surface area contributed by atoms with Gasteiger partial charge in [-0.25, -0.2) is 0 Å². The number of hydrogen-bond acceptors (Lipinski definition) is 3. The van der Waals surface area contributed by atoms with E-state index in [9.17, 15) is 18.7 Å². The van der Waals surface area contributed by atoms with Crippen molar-refractivity contribution in [3.63, 3.8) is 0 Å². The molecular formula is C14H17F2NO2S. The first-order valence-corrected chi connectivity index (χ1v) is 7.48. The average molecular weight is 301 g/mol. The van der Waals surface area contributed by atoms with Gasteiger partial charge in [0.15, 0.2) is 0 Å². The topological polar surface area (TPSA) is 49.3 Å². The number of nitrogens with one attached hydrogen (secondary N) is 1. The molecule has 0 aromatic heterocycles. The third kappa shape index (κ3) is 3.93. The first-order chi connectivity index (χ1) is 9.58. The Morgan fingerprint density at radius 2 is 2.00 bits per heavy atom. The Labute approximate surface area is 120 Å². The molecule has 1 aliphatic rings. The lowest BCUT2D eigenvalue weighted by atomic mass is 9.92. The van der Waals surface area contributed by atoms with E-state index in [1.165, 1.54) is 12.1 Å². The lowest BCUT2D eigenvalue weighted by Gasteiger charge is -2.28. The standard InChI is InChI=1S/C14H17F2NO2S/c15-14(16)20-12-8-4-1-5-9(12)13(19)17-10-6-2-3-7-11(10)18/h1,4-5,8,10-11,14,18H,2-3,6-7H2,(H,17,19)/t10-,11-/m1/s1. The Morgan fingerprint density at radius 3 is 2.70 bits per heavy atom. The highest BCUT2D eigenvalue weighted by atomic mass is 32.2. The summed E-state index contributed by atoms with van der Waals surface area (Å²) in [5.74, 6) is -2.97. The van der Waals surface area contributed by atoms with Crippen molar-refractivity contribution in [1.29, 1.82) is 0 Å². The van der Waals surface area contributed by atoms with Gasteiger partial charge in [-0.2, -0.15) is 8.78 Å². The van der Waals surface area contributed by atoms with Crippen LogP contribution in [0.3, 0.4) is 0 Å². The van der Waals surface area contributed by atoms with Crippen LogP contribution in [0.4, 0.5) is 8.78 Å². The van der Waals surface area contributed by atoms with Gasteiger partial charge in [-0.3, -0.25) is 4.79 Å². The molecule has 0 bridgehead atoms. The van der Waals surface area contributed by atoms with E-state index in [2.05, 4.69) is 5.32 Å². The normalized spacial score (nSPS) is 22.8. The van der Waals surface area contributed by atoms with Gasteiger partial charge < -0.3 is 10.4 Å². The first-order valence-electron chi connectivity index (χ1n) is 6.60. The molecular weight excluding hydrogens is 284 g/mol. The number of carbonyl (C=O) groups is 1. The monoisotopic (exact) mass is 301 g/mol. The Morgan fingerprint density at radius 1 is 1.30 bits per heavy atom. The summed E-state index contributed by atoms with van der Waals surface area (Å²) in [6, 6.07) is 6.00. The van der Waals surface area contributed by atoms with Crippen molar-refractivity contribution >= 4 is 17.7 Å². The molecule has 0 heterocycles. The fraction of sp³-hybridized carbons (Fsp3) is 0.500. The van der Waals surface area contributed by atoms with Crippen molar-refractivity contribution in [2.45, 2.75) is 48.5 Å². The Hall–Kier alpha value is -1.14. The Balaban J connectivity index is 2.08. The quantitative estimate of drug-likeness (QED) is 0.840. The van der Waals surface area contributed by atoms with Crippen molar-refractivity contribution in [3.8, 4) is 0 Å². The zero-order valence-electron chi connectivity index (χ0n) is 10.9. The summed E-state index contributed by atoms with van der Waals surface area (Å²) >= 11 is 0.360. The molecule has 2 N–H and O–H groups in total. The highest BCUT2D eigenvalue weighted by molar-refractivity contribution is 7.99. The molecule has 0 saturated heterocycles. The summed E-state index contributed by atoms with van der Waals surface area (Å²) in [4.78, 5) is 12.4. The fourth-order valence-electron chi connectivity index (χ4n) is 2.38. The van der Waals surface area contributed by atoms with Gasteiger partial charge >= 0.3 is 0 Å². The molecule has 1 fully saturated rings. The molecule has 2 rings (SSSR count). The van der Waals surface area contributed by atoms with Crippen LogP contribution in [0.25, 0.3) is 0 Å². The average Bonchev–Trinajstić information content (AvgIpc) is 2.41. The van der Waals surface area contributed by atoms with E-state index in [0.717, 1.165) is 19.3 Å². The van der Waals surface area contributed by atoms with E-state index < -0.39 is 17.8 Å². The first kappa shape index (κ1) is 15.3. The van der Waals surface area contributed by atoms with Crippen molar-refractivity contribution < 1.29 is 18.7 Å². The van der Waals surface area contributed by atoms with Crippen LogP contribution in [0.5, 0.6) is 0 Å². The van der Waals surface area contributed by atoms with Crippen LogP contribution >= 0.6 is 11.8 Å². The minimum atomic E-state index is -2.57. The number of thioether (sulfide) groups is 1. The van der Waals surface area contributed by atoms with Crippen molar-refractivity contribution in [2.24, 2.45) is 0 Å². The molecule has 0 radical (unpaired) electrons. The van der Waals surface area contributed by atoms with Gasteiger partial charge in [-0.1, -0.05) is 36.7 Å². The van der Waals surface area contributed by atoms with E-state index >= 15 is 0 Å². The number of carbonyl (C=O) groups excluding carboxylic acids is 1. The van der Waals surface area contributed by atoms with E-state index in [-0.39, 0.29) is 16.5 Å². The van der Waals surface area contributed by atoms with Gasteiger partial charge in [0.2, 0.25) is 0 Å². The van der Waals surface area contributed by atoms with Crippen molar-refractivity contribution in [3.05, 3.63) is 29.8 Å². The summed E-state index contributed by atoms with van der Waals surface area (Å²) in [6.45, 7) is 0. The number of aliphatic hydroxyl groups excluding tert-OH is 1. The maximum Gasteiger partial charge on any atom is 0.288 e. The third-order valence-electron chi connectivity index (χ3n) is 3.39. The van der Waals surface area contributed by atoms with Crippen LogP contribution in [0.1, 0.15) is 36.0 Å². The number of aliphatic hydroxyl groups is 1. The molecule has 1 amide bonds. The molecule has 0 unspecified atom stereocenters. The van der Waals surface area contributed by atoms with Gasteiger partial charge in [0.25, 0.3) is 11.7 Å². The largest absolute Gasteiger partial charge is 0.391 e. The Bertz CT molecular complexity index is 470. The van der Waals surface area contributed by atoms with Gasteiger partial charge in [0.05, 0.1) is 17.7 Å². The smallest absolute Gasteiger partial charge is 0.288 e. The number of rotatable bonds is 4. The summed E-state index contributed by atoms with van der Waals surface area (Å²) in [7, 11) is 0. The molecule has 1 aromatic rings. The minimum absolute atomic E-state index is 0.232. The van der Waals surface area contributed by atoms with E-state index in [4.69, 9.17) is 0 Å². The van der Waals surface area contributed by atoms with Crippen molar-refractivity contribution in [2.75, 3.05) is 0 Å². The van der Waals surface area contributed by atoms with E-state index in [1.54, 1.807) is 12.1 Å². The minimum Gasteiger partial charge on any atom is -0.391 e. The maximum absolute atomic E-state index is 12.5. The number of alkyl halides is 2. The SMILES string of the molecule is O=C(N[C@@H]1CCCC[C@H]1O)c1ccccc1SC(F)F. The zero-order chi connectivity index (χ0) is 14.5. The molecule has 20 heavy (non-hydrogen) atoms. The lowest BCUT2D eigenvalue weighted by molar-refractivity contribution is 0.0715. The van der Waals surface area contributed by atoms with Crippen LogP contribution in [0, 0.1) is 0 Å². The predicted molar refractivity (Wildman–Crippen MR) is 74.0 cm³/mol. The van der Waals surface area contributed by atoms with Gasteiger partial charge in [-0.15, -0.1) is 0 Å². The van der Waals surface area contributed by atoms with Crippen LogP contribution in [0.15, 0.2) is 29.2 Å². The molecule has 0 spiro atoms. The predicted octanol–water partition coefficient (Wildman–Crippen LogP) is 3.03. The molecule has 0 aliphatic heterocycles. The second-order valence-electron chi connectivity index (χ2n) is 4.81. The highest BCUT2D eigenvalue weighted by Crippen LogP contribution is 2.28. The number of halogens is 2. The summed E-state index contributed by atoms with van der Waals surface area (Å²) < 4.78 is 25.0.